The second kappa shape index (κ2) is 9.17. The van der Waals surface area contributed by atoms with Gasteiger partial charge < -0.3 is 14.4 Å². The van der Waals surface area contributed by atoms with Crippen LogP contribution in [0.4, 0.5) is 4.39 Å². The molecule has 1 aromatic carbocycles. The van der Waals surface area contributed by atoms with Crippen LogP contribution in [0.1, 0.15) is 24.8 Å². The van der Waals surface area contributed by atoms with E-state index < -0.39 is 0 Å². The van der Waals surface area contributed by atoms with Crippen LogP contribution in [0.25, 0.3) is 6.08 Å². The highest BCUT2D eigenvalue weighted by atomic mass is 19.1. The first-order valence-electron chi connectivity index (χ1n) is 7.99. The molecule has 1 fully saturated rings. The number of nitrogens with zero attached hydrogens (tertiary/aromatic N) is 1. The quantitative estimate of drug-likeness (QED) is 0.567. The maximum Gasteiger partial charge on any atom is 0.307 e. The van der Waals surface area contributed by atoms with Gasteiger partial charge in [-0.05, 0) is 36.6 Å². The van der Waals surface area contributed by atoms with E-state index in [1.807, 2.05) is 0 Å². The zero-order valence-electron chi connectivity index (χ0n) is 13.7. The van der Waals surface area contributed by atoms with Gasteiger partial charge >= 0.3 is 5.97 Å². The molecule has 130 valence electrons. The Hall–Kier alpha value is -2.21. The minimum absolute atomic E-state index is 0.00540. The van der Waals surface area contributed by atoms with Crippen molar-refractivity contribution in [1.82, 2.24) is 4.90 Å². The predicted octanol–water partition coefficient (Wildman–Crippen LogP) is 2.41. The standard InChI is InChI=1S/C18H22FNO4/c1-23-18(22)9-10-20(13-16-6-3-11-24-16)17(21)8-7-14-4-2-5-15(19)12-14/h2,4-5,7-8,12,16H,3,6,9-11,13H2,1H3/b8-7+. The van der Waals surface area contributed by atoms with Crippen molar-refractivity contribution < 1.29 is 23.5 Å². The molecule has 6 heteroatoms. The number of ether oxygens (including phenoxy) is 2. The van der Waals surface area contributed by atoms with E-state index in [0.29, 0.717) is 18.7 Å². The average molecular weight is 335 g/mol. The van der Waals surface area contributed by atoms with Crippen LogP contribution >= 0.6 is 0 Å². The monoisotopic (exact) mass is 335 g/mol. The lowest BCUT2D eigenvalue weighted by Crippen LogP contribution is -2.37. The summed E-state index contributed by atoms with van der Waals surface area (Å²) in [6, 6.07) is 5.99. The number of amides is 1. The maximum atomic E-state index is 13.2. The molecule has 1 saturated heterocycles. The number of carbonyl (C=O) groups is 2. The van der Waals surface area contributed by atoms with Gasteiger partial charge in [0.1, 0.15) is 5.82 Å². The molecular weight excluding hydrogens is 313 g/mol. The second-order valence-corrected chi connectivity index (χ2v) is 5.63. The van der Waals surface area contributed by atoms with E-state index in [2.05, 4.69) is 4.74 Å². The van der Waals surface area contributed by atoms with Gasteiger partial charge in [-0.2, -0.15) is 0 Å². The lowest BCUT2D eigenvalue weighted by Gasteiger charge is -2.24. The van der Waals surface area contributed by atoms with E-state index in [1.54, 1.807) is 23.1 Å². The van der Waals surface area contributed by atoms with Gasteiger partial charge in [-0.1, -0.05) is 12.1 Å². The first kappa shape index (κ1) is 18.1. The van der Waals surface area contributed by atoms with E-state index in [4.69, 9.17) is 4.74 Å². The van der Waals surface area contributed by atoms with Gasteiger partial charge in [-0.15, -0.1) is 0 Å². The summed E-state index contributed by atoms with van der Waals surface area (Å²) in [5.41, 5.74) is 0.605. The fourth-order valence-corrected chi connectivity index (χ4v) is 2.54. The fourth-order valence-electron chi connectivity index (χ4n) is 2.54. The minimum Gasteiger partial charge on any atom is -0.469 e. The van der Waals surface area contributed by atoms with E-state index >= 15 is 0 Å². The molecule has 24 heavy (non-hydrogen) atoms. The van der Waals surface area contributed by atoms with Crippen LogP contribution in [-0.2, 0) is 19.1 Å². The summed E-state index contributed by atoms with van der Waals surface area (Å²) in [6.45, 7) is 1.39. The summed E-state index contributed by atoms with van der Waals surface area (Å²) in [4.78, 5) is 25.3. The zero-order valence-corrected chi connectivity index (χ0v) is 13.7. The molecule has 1 aliphatic heterocycles. The van der Waals surface area contributed by atoms with Gasteiger partial charge in [0.15, 0.2) is 0 Å². The molecule has 2 rings (SSSR count). The Labute approximate surface area is 141 Å². The fraction of sp³-hybridized carbons (Fsp3) is 0.444. The van der Waals surface area contributed by atoms with Gasteiger partial charge in [-0.3, -0.25) is 9.59 Å². The summed E-state index contributed by atoms with van der Waals surface area (Å²) in [5, 5.41) is 0. The smallest absolute Gasteiger partial charge is 0.307 e. The van der Waals surface area contributed by atoms with Crippen molar-refractivity contribution in [1.29, 1.82) is 0 Å². The molecule has 0 radical (unpaired) electrons. The third-order valence-electron chi connectivity index (χ3n) is 3.84. The van der Waals surface area contributed by atoms with E-state index in [1.165, 1.54) is 25.3 Å². The van der Waals surface area contributed by atoms with Crippen molar-refractivity contribution >= 4 is 18.0 Å². The number of hydrogen-bond donors (Lipinski definition) is 0. The zero-order chi connectivity index (χ0) is 17.4. The van der Waals surface area contributed by atoms with E-state index in [-0.39, 0.29) is 36.8 Å². The molecule has 1 unspecified atom stereocenters. The Balaban J connectivity index is 2.00. The van der Waals surface area contributed by atoms with Gasteiger partial charge in [0.2, 0.25) is 5.91 Å². The van der Waals surface area contributed by atoms with Crippen molar-refractivity contribution in [2.45, 2.75) is 25.4 Å². The number of esters is 1. The lowest BCUT2D eigenvalue weighted by atomic mass is 10.2. The molecule has 1 aliphatic rings. The van der Waals surface area contributed by atoms with Crippen LogP contribution in [0.3, 0.4) is 0 Å². The molecule has 1 amide bonds. The van der Waals surface area contributed by atoms with Crippen LogP contribution in [0.2, 0.25) is 0 Å². The van der Waals surface area contributed by atoms with Crippen LogP contribution in [0.15, 0.2) is 30.3 Å². The van der Waals surface area contributed by atoms with Gasteiger partial charge in [0.25, 0.3) is 0 Å². The van der Waals surface area contributed by atoms with E-state index in [0.717, 1.165) is 12.8 Å². The average Bonchev–Trinajstić information content (AvgIpc) is 3.09. The van der Waals surface area contributed by atoms with Gasteiger partial charge in [0.05, 0.1) is 19.6 Å². The number of halogens is 1. The Bertz CT molecular complexity index is 596. The Morgan fingerprint density at radius 1 is 1.46 bits per heavy atom. The molecular formula is C18H22FNO4. The van der Waals surface area contributed by atoms with Crippen LogP contribution in [0, 0.1) is 5.82 Å². The van der Waals surface area contributed by atoms with Crippen molar-refractivity contribution in [3.8, 4) is 0 Å². The number of benzene rings is 1. The topological polar surface area (TPSA) is 55.8 Å². The number of hydrogen-bond acceptors (Lipinski definition) is 4. The molecule has 1 atom stereocenters. The molecule has 0 spiro atoms. The van der Waals surface area contributed by atoms with E-state index in [9.17, 15) is 14.0 Å². The van der Waals surface area contributed by atoms with Crippen LogP contribution in [-0.4, -0.2) is 49.7 Å². The first-order chi connectivity index (χ1) is 11.6. The third-order valence-corrected chi connectivity index (χ3v) is 3.84. The van der Waals surface area contributed by atoms with Gasteiger partial charge in [-0.25, -0.2) is 4.39 Å². The highest BCUT2D eigenvalue weighted by molar-refractivity contribution is 5.92. The summed E-state index contributed by atoms with van der Waals surface area (Å²) in [7, 11) is 1.32. The lowest BCUT2D eigenvalue weighted by molar-refractivity contribution is -0.141. The predicted molar refractivity (Wildman–Crippen MR) is 87.6 cm³/mol. The SMILES string of the molecule is COC(=O)CCN(CC1CCCO1)C(=O)/C=C/c1cccc(F)c1. The Kier molecular flexibility index (Phi) is 6.93. The molecule has 0 N–H and O–H groups in total. The number of methoxy groups -OCH3 is 1. The Morgan fingerprint density at radius 3 is 2.96 bits per heavy atom. The number of rotatable bonds is 7. The molecule has 0 saturated carbocycles. The molecule has 0 aliphatic carbocycles. The molecule has 0 bridgehead atoms. The normalized spacial score (nSPS) is 17.2. The van der Waals surface area contributed by atoms with Crippen LogP contribution < -0.4 is 0 Å². The molecule has 0 aromatic heterocycles. The maximum absolute atomic E-state index is 13.2. The van der Waals surface area contributed by atoms with Crippen molar-refractivity contribution in [3.05, 3.63) is 41.7 Å². The second-order valence-electron chi connectivity index (χ2n) is 5.63. The summed E-state index contributed by atoms with van der Waals surface area (Å²) in [6.07, 6.45) is 4.95. The Morgan fingerprint density at radius 2 is 2.29 bits per heavy atom. The van der Waals surface area contributed by atoms with Crippen molar-refractivity contribution in [3.63, 3.8) is 0 Å². The largest absolute Gasteiger partial charge is 0.469 e. The summed E-state index contributed by atoms with van der Waals surface area (Å²) >= 11 is 0. The van der Waals surface area contributed by atoms with Gasteiger partial charge in [0, 0.05) is 25.8 Å². The van der Waals surface area contributed by atoms with Crippen molar-refractivity contribution in [2.24, 2.45) is 0 Å². The number of carbonyl (C=O) groups excluding carboxylic acids is 2. The highest BCUT2D eigenvalue weighted by Gasteiger charge is 2.22. The minimum atomic E-state index is -0.366. The van der Waals surface area contributed by atoms with Crippen LogP contribution in [0.5, 0.6) is 0 Å². The third kappa shape index (κ3) is 5.77. The summed E-state index contributed by atoms with van der Waals surface area (Å²) < 4.78 is 23.4. The van der Waals surface area contributed by atoms with Crippen molar-refractivity contribution in [2.75, 3.05) is 26.8 Å². The molecule has 5 nitrogen and oxygen atoms in total. The highest BCUT2D eigenvalue weighted by Crippen LogP contribution is 2.14. The molecule has 1 heterocycles. The first-order valence-corrected chi connectivity index (χ1v) is 7.99. The summed E-state index contributed by atoms with van der Waals surface area (Å²) in [5.74, 6) is -0.959. The molecule has 1 aromatic rings.